The quantitative estimate of drug-likeness (QED) is 0.793. The van der Waals surface area contributed by atoms with Crippen LogP contribution in [0.2, 0.25) is 0 Å². The lowest BCUT2D eigenvalue weighted by Gasteiger charge is -2.17. The van der Waals surface area contributed by atoms with Gasteiger partial charge in [0, 0.05) is 19.5 Å². The maximum Gasteiger partial charge on any atom is 0.0766 e. The molecule has 0 saturated carbocycles. The molecule has 0 spiro atoms. The maximum atomic E-state index is 4.56. The van der Waals surface area contributed by atoms with Crippen LogP contribution in [0.4, 0.5) is 0 Å². The number of nitrogens with zero attached hydrogens (tertiary/aromatic N) is 2. The second-order valence-corrected chi connectivity index (χ2v) is 6.20. The third-order valence-electron chi connectivity index (χ3n) is 3.11. The molecule has 1 aromatic rings. The Hall–Kier alpha value is 0. The minimum atomic E-state index is 0.541. The number of aryl methyl sites for hydroxylation is 2. The van der Waals surface area contributed by atoms with Gasteiger partial charge in [0.25, 0.3) is 0 Å². The normalized spacial score (nSPS) is 12.9. The minimum absolute atomic E-state index is 0.541. The smallest absolute Gasteiger partial charge is 0.0766 e. The monoisotopic (exact) mass is 333 g/mol. The molecule has 0 aliphatic carbocycles. The predicted octanol–water partition coefficient (Wildman–Crippen LogP) is 3.02. The molecule has 1 heterocycles. The van der Waals surface area contributed by atoms with Gasteiger partial charge in [-0.3, -0.25) is 4.68 Å². The molecule has 0 amide bonds. The van der Waals surface area contributed by atoms with Gasteiger partial charge in [-0.1, -0.05) is 13.8 Å². The molecule has 0 aliphatic heterocycles. The topological polar surface area (TPSA) is 29.9 Å². The van der Waals surface area contributed by atoms with Crippen LogP contribution in [0.25, 0.3) is 0 Å². The number of likely N-dealkylation sites (N-methyl/N-ethyl adjacent to an activating group) is 1. The summed E-state index contributed by atoms with van der Waals surface area (Å²) >= 11 is 5.60. The molecule has 1 unspecified atom stereocenters. The van der Waals surface area contributed by atoms with E-state index in [9.17, 15) is 0 Å². The van der Waals surface area contributed by atoms with Crippen molar-refractivity contribution >= 4 is 27.7 Å². The highest BCUT2D eigenvalue weighted by atomic mass is 79.9. The molecule has 0 aliphatic rings. The lowest BCUT2D eigenvalue weighted by molar-refractivity contribution is 0.497. The van der Waals surface area contributed by atoms with Crippen molar-refractivity contribution in [2.75, 3.05) is 18.6 Å². The lowest BCUT2D eigenvalue weighted by Crippen LogP contribution is -2.32. The Morgan fingerprint density at radius 3 is 2.67 bits per heavy atom. The summed E-state index contributed by atoms with van der Waals surface area (Å²) in [7, 11) is 2.04. The average molecular weight is 334 g/mol. The molecule has 3 nitrogen and oxygen atoms in total. The molecule has 1 atom stereocenters. The zero-order valence-electron chi connectivity index (χ0n) is 11.8. The summed E-state index contributed by atoms with van der Waals surface area (Å²) in [5, 5.41) is 8.13. The first kappa shape index (κ1) is 16.1. The summed E-state index contributed by atoms with van der Waals surface area (Å²) in [6, 6.07) is 0.541. The minimum Gasteiger partial charge on any atom is -0.314 e. The van der Waals surface area contributed by atoms with Gasteiger partial charge in [-0.05, 0) is 47.3 Å². The Morgan fingerprint density at radius 1 is 1.44 bits per heavy atom. The van der Waals surface area contributed by atoms with Crippen molar-refractivity contribution in [3.8, 4) is 0 Å². The van der Waals surface area contributed by atoms with Crippen LogP contribution in [0.1, 0.15) is 31.7 Å². The van der Waals surface area contributed by atoms with E-state index in [0.717, 1.165) is 25.1 Å². The maximum absolute atomic E-state index is 4.56. The van der Waals surface area contributed by atoms with Crippen LogP contribution in [-0.2, 0) is 19.9 Å². The molecule has 5 heteroatoms. The highest BCUT2D eigenvalue weighted by molar-refractivity contribution is 9.10. The summed E-state index contributed by atoms with van der Waals surface area (Å²) in [6.07, 6.45) is 5.38. The van der Waals surface area contributed by atoms with Crippen LogP contribution in [0, 0.1) is 0 Å². The van der Waals surface area contributed by atoms with E-state index in [2.05, 4.69) is 46.4 Å². The summed E-state index contributed by atoms with van der Waals surface area (Å²) in [4.78, 5) is 0. The first-order valence-electron chi connectivity index (χ1n) is 6.56. The fourth-order valence-electron chi connectivity index (χ4n) is 2.10. The summed E-state index contributed by atoms with van der Waals surface area (Å²) in [6.45, 7) is 5.34. The first-order valence-corrected chi connectivity index (χ1v) is 8.75. The SMILES string of the molecule is CCNC(CCSC)Cc1c(Br)c(CC)nn1C. The van der Waals surface area contributed by atoms with Crippen molar-refractivity contribution < 1.29 is 0 Å². The van der Waals surface area contributed by atoms with Gasteiger partial charge in [-0.15, -0.1) is 0 Å². The van der Waals surface area contributed by atoms with Crippen molar-refractivity contribution in [3.63, 3.8) is 0 Å². The lowest BCUT2D eigenvalue weighted by atomic mass is 10.1. The number of aromatic nitrogens is 2. The average Bonchev–Trinajstić information content (AvgIpc) is 2.63. The standard InChI is InChI=1S/C13H24BrN3S/c1-5-11-13(14)12(17(3)16-11)9-10(15-6-2)7-8-18-4/h10,15H,5-9H2,1-4H3. The van der Waals surface area contributed by atoms with E-state index in [4.69, 9.17) is 0 Å². The molecule has 1 N–H and O–H groups in total. The van der Waals surface area contributed by atoms with Crippen molar-refractivity contribution in [3.05, 3.63) is 15.9 Å². The Balaban J connectivity index is 2.76. The summed E-state index contributed by atoms with van der Waals surface area (Å²) in [5.41, 5.74) is 2.46. The van der Waals surface area contributed by atoms with Crippen molar-refractivity contribution in [1.29, 1.82) is 0 Å². The molecule has 18 heavy (non-hydrogen) atoms. The van der Waals surface area contributed by atoms with Crippen molar-refractivity contribution in [1.82, 2.24) is 15.1 Å². The Kier molecular flexibility index (Phi) is 7.34. The Bertz CT molecular complexity index is 365. The predicted molar refractivity (Wildman–Crippen MR) is 84.5 cm³/mol. The molecule has 1 rings (SSSR count). The van der Waals surface area contributed by atoms with Gasteiger partial charge < -0.3 is 5.32 Å². The molecule has 104 valence electrons. The van der Waals surface area contributed by atoms with E-state index in [-0.39, 0.29) is 0 Å². The fraction of sp³-hybridized carbons (Fsp3) is 0.769. The molecular formula is C13H24BrN3S. The second-order valence-electron chi connectivity index (χ2n) is 4.42. The third-order valence-corrected chi connectivity index (χ3v) is 4.67. The number of rotatable bonds is 8. The van der Waals surface area contributed by atoms with Crippen LogP contribution in [0.3, 0.4) is 0 Å². The van der Waals surface area contributed by atoms with Gasteiger partial charge in [0.15, 0.2) is 0 Å². The number of nitrogens with one attached hydrogen (secondary N) is 1. The number of hydrogen-bond acceptors (Lipinski definition) is 3. The van der Waals surface area contributed by atoms with Crippen LogP contribution >= 0.6 is 27.7 Å². The van der Waals surface area contributed by atoms with Crippen LogP contribution in [0.15, 0.2) is 4.47 Å². The van der Waals surface area contributed by atoms with Gasteiger partial charge in [-0.2, -0.15) is 16.9 Å². The third kappa shape index (κ3) is 4.28. The van der Waals surface area contributed by atoms with Crippen LogP contribution in [0.5, 0.6) is 0 Å². The van der Waals surface area contributed by atoms with Gasteiger partial charge in [-0.25, -0.2) is 0 Å². The van der Waals surface area contributed by atoms with E-state index in [1.165, 1.54) is 22.3 Å². The Morgan fingerprint density at radius 2 is 2.17 bits per heavy atom. The molecule has 0 bridgehead atoms. The van der Waals surface area contributed by atoms with Crippen LogP contribution in [-0.4, -0.2) is 34.4 Å². The van der Waals surface area contributed by atoms with Gasteiger partial charge in [0.2, 0.25) is 0 Å². The van der Waals surface area contributed by atoms with Gasteiger partial charge >= 0.3 is 0 Å². The molecule has 0 aromatic carbocycles. The fourth-order valence-corrected chi connectivity index (χ4v) is 3.40. The van der Waals surface area contributed by atoms with E-state index < -0.39 is 0 Å². The molecule has 0 saturated heterocycles. The van der Waals surface area contributed by atoms with E-state index in [0.29, 0.717) is 6.04 Å². The van der Waals surface area contributed by atoms with Crippen LogP contribution < -0.4 is 5.32 Å². The molecule has 1 aromatic heterocycles. The van der Waals surface area contributed by atoms with E-state index in [1.807, 2.05) is 23.5 Å². The second kappa shape index (κ2) is 8.23. The molecule has 0 radical (unpaired) electrons. The molecule has 0 fully saturated rings. The number of hydrogen-bond donors (Lipinski definition) is 1. The first-order chi connectivity index (χ1) is 8.63. The van der Waals surface area contributed by atoms with Gasteiger partial charge in [0.05, 0.1) is 15.9 Å². The Labute approximate surface area is 123 Å². The van der Waals surface area contributed by atoms with Crippen molar-refractivity contribution in [2.24, 2.45) is 7.05 Å². The largest absolute Gasteiger partial charge is 0.314 e. The highest BCUT2D eigenvalue weighted by Crippen LogP contribution is 2.23. The number of thioether (sulfide) groups is 1. The summed E-state index contributed by atoms with van der Waals surface area (Å²) < 4.78 is 3.21. The van der Waals surface area contributed by atoms with E-state index in [1.54, 1.807) is 0 Å². The zero-order chi connectivity index (χ0) is 13.5. The highest BCUT2D eigenvalue weighted by Gasteiger charge is 2.16. The summed E-state index contributed by atoms with van der Waals surface area (Å²) in [5.74, 6) is 1.20. The van der Waals surface area contributed by atoms with Gasteiger partial charge in [0.1, 0.15) is 0 Å². The number of halogens is 1. The zero-order valence-corrected chi connectivity index (χ0v) is 14.2. The van der Waals surface area contributed by atoms with Crippen molar-refractivity contribution in [2.45, 2.75) is 39.2 Å². The van der Waals surface area contributed by atoms with E-state index >= 15 is 0 Å². The molecular weight excluding hydrogens is 310 g/mol.